The van der Waals surface area contributed by atoms with Crippen LogP contribution in [0, 0.1) is 13.8 Å². The fourth-order valence-electron chi connectivity index (χ4n) is 2.56. The molecular weight excluding hydrogens is 326 g/mol. The quantitative estimate of drug-likeness (QED) is 0.653. The molecule has 0 atom stereocenters. The van der Waals surface area contributed by atoms with Crippen LogP contribution >= 0.6 is 0 Å². The lowest BCUT2D eigenvalue weighted by atomic mass is 10.1. The molecule has 2 aromatic heterocycles. The molecule has 0 saturated heterocycles. The van der Waals surface area contributed by atoms with Gasteiger partial charge in [0.05, 0.1) is 10.3 Å². The number of H-pyrrole nitrogens is 1. The van der Waals surface area contributed by atoms with Crippen molar-refractivity contribution in [3.63, 3.8) is 0 Å². The Morgan fingerprint density at radius 1 is 1.17 bits per heavy atom. The van der Waals surface area contributed by atoms with Gasteiger partial charge in [0.2, 0.25) is 10.0 Å². The van der Waals surface area contributed by atoms with Gasteiger partial charge >= 0.3 is 0 Å². The molecule has 0 amide bonds. The summed E-state index contributed by atoms with van der Waals surface area (Å²) in [6.07, 6.45) is 0.735. The van der Waals surface area contributed by atoms with E-state index in [2.05, 4.69) is 20.3 Å². The summed E-state index contributed by atoms with van der Waals surface area (Å²) >= 11 is 0. The van der Waals surface area contributed by atoms with E-state index in [1.807, 2.05) is 19.9 Å². The molecule has 0 spiro atoms. The predicted molar refractivity (Wildman–Crippen MR) is 93.4 cm³/mol. The Hall–Kier alpha value is -2.45. The third-order valence-corrected chi connectivity index (χ3v) is 4.62. The van der Waals surface area contributed by atoms with Crippen LogP contribution in [0.25, 0.3) is 11.0 Å². The van der Waals surface area contributed by atoms with Gasteiger partial charge in [0.25, 0.3) is 0 Å². The molecule has 0 radical (unpaired) electrons. The van der Waals surface area contributed by atoms with E-state index < -0.39 is 10.0 Å². The molecular formula is C16H19N5O2S. The summed E-state index contributed by atoms with van der Waals surface area (Å²) in [6, 6.07) is 8.59. The number of aromatic amines is 1. The minimum absolute atomic E-state index is 0.121. The summed E-state index contributed by atoms with van der Waals surface area (Å²) in [5.41, 5.74) is 2.87. The lowest BCUT2D eigenvalue weighted by molar-refractivity contribution is 0.598. The van der Waals surface area contributed by atoms with Gasteiger partial charge in [0, 0.05) is 12.2 Å². The highest BCUT2D eigenvalue weighted by Gasteiger charge is 2.09. The minimum Gasteiger partial charge on any atom is -0.369 e. The van der Waals surface area contributed by atoms with Crippen LogP contribution in [0.4, 0.5) is 5.82 Å². The number of nitrogens with zero attached hydrogens (tertiary/aromatic N) is 2. The number of sulfonamides is 1. The summed E-state index contributed by atoms with van der Waals surface area (Å²) in [6.45, 7) is 4.51. The molecule has 0 fully saturated rings. The van der Waals surface area contributed by atoms with Gasteiger partial charge in [-0.05, 0) is 44.0 Å². The molecule has 4 N–H and O–H groups in total. The topological polar surface area (TPSA) is 114 Å². The molecule has 0 bridgehead atoms. The smallest absolute Gasteiger partial charge is 0.238 e. The van der Waals surface area contributed by atoms with Crippen molar-refractivity contribution in [2.75, 3.05) is 11.9 Å². The zero-order valence-corrected chi connectivity index (χ0v) is 14.3. The van der Waals surface area contributed by atoms with Crippen molar-refractivity contribution in [1.82, 2.24) is 15.0 Å². The van der Waals surface area contributed by atoms with Gasteiger partial charge in [-0.25, -0.2) is 23.5 Å². The SMILES string of the molecule is Cc1nc(NCCc2ccc(S(N)(=O)=O)cc2)c2cc(C)[nH]c2n1. The normalized spacial score (nSPS) is 11.8. The molecule has 0 aliphatic rings. The number of hydrogen-bond acceptors (Lipinski definition) is 5. The molecule has 0 aliphatic heterocycles. The Labute approximate surface area is 140 Å². The second-order valence-corrected chi connectivity index (χ2v) is 7.26. The number of nitrogens with two attached hydrogens (primary N) is 1. The number of aryl methyl sites for hydroxylation is 2. The van der Waals surface area contributed by atoms with Crippen molar-refractivity contribution in [3.8, 4) is 0 Å². The number of rotatable bonds is 5. The van der Waals surface area contributed by atoms with E-state index in [4.69, 9.17) is 5.14 Å². The number of benzene rings is 1. The first-order valence-electron chi connectivity index (χ1n) is 7.52. The molecule has 126 valence electrons. The van der Waals surface area contributed by atoms with Gasteiger partial charge in [-0.15, -0.1) is 0 Å². The average molecular weight is 345 g/mol. The molecule has 1 aromatic carbocycles. The Kier molecular flexibility index (Phi) is 4.25. The van der Waals surface area contributed by atoms with Gasteiger partial charge in [-0.1, -0.05) is 12.1 Å². The minimum atomic E-state index is -3.65. The number of fused-ring (bicyclic) bond motifs is 1. The highest BCUT2D eigenvalue weighted by molar-refractivity contribution is 7.89. The molecule has 7 nitrogen and oxygen atoms in total. The zero-order valence-electron chi connectivity index (χ0n) is 13.5. The van der Waals surface area contributed by atoms with Gasteiger partial charge in [0.1, 0.15) is 17.3 Å². The van der Waals surface area contributed by atoms with Gasteiger partial charge in [-0.2, -0.15) is 0 Å². The molecule has 8 heteroatoms. The molecule has 0 saturated carbocycles. The van der Waals surface area contributed by atoms with Crippen LogP contribution in [0.2, 0.25) is 0 Å². The molecule has 24 heavy (non-hydrogen) atoms. The lowest BCUT2D eigenvalue weighted by Crippen LogP contribution is -2.12. The molecule has 2 heterocycles. The Morgan fingerprint density at radius 2 is 1.88 bits per heavy atom. The third kappa shape index (κ3) is 3.55. The molecule has 0 unspecified atom stereocenters. The van der Waals surface area contributed by atoms with Gasteiger partial charge < -0.3 is 10.3 Å². The van der Waals surface area contributed by atoms with Gasteiger partial charge in [0.15, 0.2) is 0 Å². The Morgan fingerprint density at radius 3 is 2.54 bits per heavy atom. The van der Waals surface area contributed by atoms with E-state index >= 15 is 0 Å². The van der Waals surface area contributed by atoms with Crippen molar-refractivity contribution in [3.05, 3.63) is 47.4 Å². The second-order valence-electron chi connectivity index (χ2n) is 5.70. The van der Waals surface area contributed by atoms with E-state index in [1.165, 1.54) is 12.1 Å². The summed E-state index contributed by atoms with van der Waals surface area (Å²) in [5, 5.41) is 9.38. The van der Waals surface area contributed by atoms with Crippen LogP contribution in [0.15, 0.2) is 35.2 Å². The fraction of sp³-hybridized carbons (Fsp3) is 0.250. The highest BCUT2D eigenvalue weighted by Crippen LogP contribution is 2.21. The maximum Gasteiger partial charge on any atom is 0.238 e. The zero-order chi connectivity index (χ0) is 17.3. The van der Waals surface area contributed by atoms with Crippen LogP contribution in [0.1, 0.15) is 17.1 Å². The monoisotopic (exact) mass is 345 g/mol. The maximum absolute atomic E-state index is 11.2. The van der Waals surface area contributed by atoms with E-state index in [-0.39, 0.29) is 4.90 Å². The second kappa shape index (κ2) is 6.21. The average Bonchev–Trinajstić information content (AvgIpc) is 2.87. The van der Waals surface area contributed by atoms with Crippen molar-refractivity contribution in [1.29, 1.82) is 0 Å². The standard InChI is InChI=1S/C16H19N5O2S/c1-10-9-14-15(20-11(2)21-16(14)19-10)18-8-7-12-3-5-13(6-4-12)24(17,22)23/h3-6,9H,7-8H2,1-2H3,(H2,17,22,23)(H2,18,19,20,21). The molecule has 0 aliphatic carbocycles. The molecule has 3 rings (SSSR count). The lowest BCUT2D eigenvalue weighted by Gasteiger charge is -2.08. The van der Waals surface area contributed by atoms with Crippen LogP contribution in [0.3, 0.4) is 0 Å². The summed E-state index contributed by atoms with van der Waals surface area (Å²) < 4.78 is 22.5. The van der Waals surface area contributed by atoms with Gasteiger partial charge in [-0.3, -0.25) is 0 Å². The summed E-state index contributed by atoms with van der Waals surface area (Å²) in [7, 11) is -3.65. The van der Waals surface area contributed by atoms with E-state index in [9.17, 15) is 8.42 Å². The number of hydrogen-bond donors (Lipinski definition) is 3. The predicted octanol–water partition coefficient (Wildman–Crippen LogP) is 1.88. The van der Waals surface area contributed by atoms with Crippen LogP contribution in [-0.2, 0) is 16.4 Å². The summed E-state index contributed by atoms with van der Waals surface area (Å²) in [4.78, 5) is 12.2. The maximum atomic E-state index is 11.2. The first kappa shape index (κ1) is 16.4. The number of anilines is 1. The Balaban J connectivity index is 1.71. The highest BCUT2D eigenvalue weighted by atomic mass is 32.2. The first-order valence-corrected chi connectivity index (χ1v) is 9.07. The van der Waals surface area contributed by atoms with E-state index in [1.54, 1.807) is 12.1 Å². The van der Waals surface area contributed by atoms with Crippen molar-refractivity contribution in [2.45, 2.75) is 25.2 Å². The number of primary sulfonamides is 1. The largest absolute Gasteiger partial charge is 0.369 e. The molecule has 3 aromatic rings. The Bertz CT molecular complexity index is 978. The van der Waals surface area contributed by atoms with Crippen LogP contribution in [0.5, 0.6) is 0 Å². The van der Waals surface area contributed by atoms with Crippen LogP contribution < -0.4 is 10.5 Å². The first-order chi connectivity index (χ1) is 11.3. The van der Waals surface area contributed by atoms with Crippen molar-refractivity contribution in [2.24, 2.45) is 5.14 Å². The third-order valence-electron chi connectivity index (χ3n) is 3.69. The van der Waals surface area contributed by atoms with Crippen molar-refractivity contribution < 1.29 is 8.42 Å². The summed E-state index contributed by atoms with van der Waals surface area (Å²) in [5.74, 6) is 1.49. The number of nitrogens with one attached hydrogen (secondary N) is 2. The van der Waals surface area contributed by atoms with E-state index in [0.29, 0.717) is 12.4 Å². The van der Waals surface area contributed by atoms with Crippen LogP contribution in [-0.4, -0.2) is 29.9 Å². The van der Waals surface area contributed by atoms with Crippen molar-refractivity contribution >= 4 is 26.9 Å². The van der Waals surface area contributed by atoms with E-state index in [0.717, 1.165) is 34.5 Å². The number of aromatic nitrogens is 3. The fourth-order valence-corrected chi connectivity index (χ4v) is 3.07.